The number of phosphoric acid groups is 1. The molecule has 10 nitrogen and oxygen atoms in total. The highest BCUT2D eigenvalue weighted by molar-refractivity contribution is 7.98. The van der Waals surface area contributed by atoms with Crippen LogP contribution in [-0.4, -0.2) is 24.5 Å². The van der Waals surface area contributed by atoms with Crippen LogP contribution in [0.15, 0.2) is 41.4 Å². The summed E-state index contributed by atoms with van der Waals surface area (Å²) in [5.41, 5.74) is 2.51. The first-order valence-corrected chi connectivity index (χ1v) is 12.3. The number of ether oxygens (including phenoxy) is 3. The van der Waals surface area contributed by atoms with Crippen LogP contribution in [0.2, 0.25) is 0 Å². The summed E-state index contributed by atoms with van der Waals surface area (Å²) >= 11 is 2.75. The predicted octanol–water partition coefficient (Wildman–Crippen LogP) is 2.77. The largest absolute Gasteiger partial charge is 0.624 e. The molecule has 0 unspecified atom stereocenters. The van der Waals surface area contributed by atoms with Crippen molar-refractivity contribution >= 4 is 31.1 Å². The third-order valence-electron chi connectivity index (χ3n) is 4.49. The second-order valence-electron chi connectivity index (χ2n) is 6.14. The Morgan fingerprint density at radius 3 is 2.61 bits per heavy atom. The van der Waals surface area contributed by atoms with Crippen molar-refractivity contribution in [3.63, 3.8) is 0 Å². The van der Waals surface area contributed by atoms with Crippen molar-refractivity contribution in [3.05, 3.63) is 36.5 Å². The number of hydrogen-bond acceptors (Lipinski definition) is 10. The zero-order valence-electron chi connectivity index (χ0n) is 16.7. The minimum absolute atomic E-state index is 0.143. The third-order valence-corrected chi connectivity index (χ3v) is 7.17. The molecule has 0 fully saturated rings. The minimum Gasteiger partial charge on any atom is -0.493 e. The van der Waals surface area contributed by atoms with E-state index in [0.717, 1.165) is 26.5 Å². The molecule has 13 heteroatoms. The van der Waals surface area contributed by atoms with Gasteiger partial charge in [0.2, 0.25) is 12.5 Å². The molecule has 2 heterocycles. The molecule has 1 aromatic heterocycles. The summed E-state index contributed by atoms with van der Waals surface area (Å²) < 4.78 is 48.0. The van der Waals surface area contributed by atoms with Gasteiger partial charge in [0.1, 0.15) is 5.75 Å². The number of thioether (sulfide) groups is 1. The van der Waals surface area contributed by atoms with Crippen LogP contribution in [0.1, 0.15) is 0 Å². The van der Waals surface area contributed by atoms with E-state index in [0.29, 0.717) is 23.0 Å². The number of quaternary nitrogens is 2. The number of rotatable bonds is 8. The molecule has 4 rings (SSSR count). The van der Waals surface area contributed by atoms with Crippen molar-refractivity contribution in [2.45, 2.75) is 4.90 Å². The number of fused-ring (bicyclic) bond motifs is 1. The van der Waals surface area contributed by atoms with Gasteiger partial charge >= 0.3 is 7.82 Å². The molecule has 0 saturated heterocycles. The first-order chi connectivity index (χ1) is 15.0. The summed E-state index contributed by atoms with van der Waals surface area (Å²) in [5.74, 6) is 8.38. The lowest BCUT2D eigenvalue weighted by atomic mass is 10.0. The van der Waals surface area contributed by atoms with Gasteiger partial charge in [-0.15, -0.1) is 11.8 Å². The summed E-state index contributed by atoms with van der Waals surface area (Å²) in [4.78, 5) is 1.64. The van der Waals surface area contributed by atoms with Crippen molar-refractivity contribution in [2.24, 2.45) is 0 Å². The quantitative estimate of drug-likeness (QED) is 0.280. The van der Waals surface area contributed by atoms with Crippen molar-refractivity contribution in [1.29, 1.82) is 0 Å². The van der Waals surface area contributed by atoms with Crippen LogP contribution in [0.4, 0.5) is 0 Å². The number of nitrogens with zero attached hydrogens (tertiary/aromatic N) is 1. The van der Waals surface area contributed by atoms with Gasteiger partial charge in [0, 0.05) is 22.2 Å². The first kappa shape index (κ1) is 21.9. The van der Waals surface area contributed by atoms with E-state index in [1.54, 1.807) is 19.4 Å². The summed E-state index contributed by atoms with van der Waals surface area (Å²) in [6.07, 6.45) is 3.63. The average molecular weight is 485 g/mol. The van der Waals surface area contributed by atoms with E-state index < -0.39 is 7.82 Å². The van der Waals surface area contributed by atoms with Gasteiger partial charge in [0.15, 0.2) is 11.5 Å². The van der Waals surface area contributed by atoms with E-state index in [9.17, 15) is 4.57 Å². The van der Waals surface area contributed by atoms with E-state index in [1.807, 2.05) is 30.5 Å². The summed E-state index contributed by atoms with van der Waals surface area (Å²) in [5, 5.41) is 0. The maximum atomic E-state index is 12.4. The standard InChI is InChI=1S/C18H20N3O7PS2/c1-23-14-6-11(7-15-17(14)25-9-24-15)18-12(8-21-31-18)10-3-4-16(30-2)13(5-10)26-29(22,27-19)28-20/h3-8H,9H2,1-2,19-20H3/q+2. The summed E-state index contributed by atoms with van der Waals surface area (Å²) in [7, 11) is -2.35. The fourth-order valence-electron chi connectivity index (χ4n) is 3.04. The van der Waals surface area contributed by atoms with E-state index in [-0.39, 0.29) is 6.79 Å². The topological polar surface area (TPSA) is 141 Å². The molecule has 31 heavy (non-hydrogen) atoms. The van der Waals surface area contributed by atoms with E-state index in [1.165, 1.54) is 23.3 Å². The van der Waals surface area contributed by atoms with Gasteiger partial charge in [-0.1, -0.05) is 15.3 Å². The van der Waals surface area contributed by atoms with Crippen molar-refractivity contribution in [3.8, 4) is 44.6 Å². The maximum absolute atomic E-state index is 12.4. The predicted molar refractivity (Wildman–Crippen MR) is 114 cm³/mol. The van der Waals surface area contributed by atoms with Gasteiger partial charge in [-0.2, -0.15) is 16.2 Å². The summed E-state index contributed by atoms with van der Waals surface area (Å²) in [6, 6.07) is 9.29. The molecule has 3 aromatic rings. The highest BCUT2D eigenvalue weighted by Crippen LogP contribution is 2.50. The Morgan fingerprint density at radius 1 is 1.13 bits per heavy atom. The van der Waals surface area contributed by atoms with Crippen LogP contribution < -0.4 is 30.5 Å². The van der Waals surface area contributed by atoms with Crippen LogP contribution >= 0.6 is 31.1 Å². The molecular formula is C18H20N3O7PS2+2. The lowest BCUT2D eigenvalue weighted by molar-refractivity contribution is -0.682. The van der Waals surface area contributed by atoms with Gasteiger partial charge in [0.25, 0.3) is 0 Å². The van der Waals surface area contributed by atoms with Gasteiger partial charge in [-0.3, -0.25) is 0 Å². The molecule has 0 amide bonds. The molecule has 164 valence electrons. The highest BCUT2D eigenvalue weighted by atomic mass is 32.2. The Kier molecular flexibility index (Phi) is 6.39. The molecule has 2 aromatic carbocycles. The number of aromatic nitrogens is 1. The monoisotopic (exact) mass is 485 g/mol. The van der Waals surface area contributed by atoms with Gasteiger partial charge in [0.05, 0.1) is 12.0 Å². The molecule has 0 radical (unpaired) electrons. The van der Waals surface area contributed by atoms with Gasteiger partial charge in [-0.05, 0) is 47.6 Å². The third kappa shape index (κ3) is 4.23. The van der Waals surface area contributed by atoms with Crippen molar-refractivity contribution in [2.75, 3.05) is 20.2 Å². The molecule has 0 atom stereocenters. The van der Waals surface area contributed by atoms with Gasteiger partial charge < -0.3 is 18.7 Å². The molecular weight excluding hydrogens is 465 g/mol. The number of benzene rings is 2. The zero-order valence-corrected chi connectivity index (χ0v) is 19.2. The Balaban J connectivity index is 1.77. The van der Waals surface area contributed by atoms with Crippen LogP contribution in [0.3, 0.4) is 0 Å². The Labute approximate surface area is 186 Å². The fraction of sp³-hybridized carbons (Fsp3) is 0.167. The molecule has 1 aliphatic heterocycles. The Morgan fingerprint density at radius 2 is 1.90 bits per heavy atom. The zero-order chi connectivity index (χ0) is 22.0. The van der Waals surface area contributed by atoms with Crippen LogP contribution in [0.25, 0.3) is 21.6 Å². The second kappa shape index (κ2) is 9.05. The van der Waals surface area contributed by atoms with Gasteiger partial charge in [-0.25, -0.2) is 4.57 Å². The lowest BCUT2D eigenvalue weighted by Gasteiger charge is -2.14. The lowest BCUT2D eigenvalue weighted by Crippen LogP contribution is -2.54. The molecule has 1 aliphatic rings. The molecule has 0 saturated carbocycles. The normalized spacial score (nSPS) is 12.8. The molecule has 0 aliphatic carbocycles. The smallest absolute Gasteiger partial charge is 0.493 e. The average Bonchev–Trinajstić information content (AvgIpc) is 3.47. The van der Waals surface area contributed by atoms with Crippen LogP contribution in [-0.2, 0) is 13.8 Å². The van der Waals surface area contributed by atoms with Crippen molar-refractivity contribution < 1.29 is 44.3 Å². The SMILES string of the molecule is COc1cc(-c2sncc2-c2ccc(SC)c(OP(=O)(O[NH3+])O[NH3+])c2)cc2c1OCO2. The summed E-state index contributed by atoms with van der Waals surface area (Å²) in [6.45, 7) is 0.143. The van der Waals surface area contributed by atoms with Crippen molar-refractivity contribution in [1.82, 2.24) is 4.37 Å². The second-order valence-corrected chi connectivity index (χ2v) is 9.39. The molecule has 0 spiro atoms. The van der Waals surface area contributed by atoms with Crippen LogP contribution in [0, 0.1) is 0 Å². The fourth-order valence-corrected chi connectivity index (χ4v) is 4.94. The Hall–Kier alpha value is -2.31. The molecule has 6 N–H and O–H groups in total. The minimum atomic E-state index is -3.93. The first-order valence-electron chi connectivity index (χ1n) is 8.80. The van der Waals surface area contributed by atoms with Crippen LogP contribution in [0.5, 0.6) is 23.0 Å². The number of methoxy groups -OCH3 is 1. The number of hydrogen-bond donors (Lipinski definition) is 2. The van der Waals surface area contributed by atoms with E-state index in [2.05, 4.69) is 25.4 Å². The van der Waals surface area contributed by atoms with E-state index >= 15 is 0 Å². The maximum Gasteiger partial charge on any atom is 0.624 e. The molecule has 0 bridgehead atoms. The Bertz CT molecular complexity index is 1150. The van der Waals surface area contributed by atoms with E-state index in [4.69, 9.17) is 18.7 Å². The highest BCUT2D eigenvalue weighted by Gasteiger charge is 2.34.